The van der Waals surface area contributed by atoms with E-state index in [-0.39, 0.29) is 29.8 Å². The number of aliphatic hydroxyl groups is 1. The number of aryl methyl sites for hydroxylation is 2. The summed E-state index contributed by atoms with van der Waals surface area (Å²) in [6, 6.07) is 1.92. The van der Waals surface area contributed by atoms with Gasteiger partial charge in [-0.25, -0.2) is 4.98 Å². The number of hydrogen-bond acceptors (Lipinski definition) is 5. The predicted octanol–water partition coefficient (Wildman–Crippen LogP) is 1.76. The molecule has 0 saturated carbocycles. The van der Waals surface area contributed by atoms with Gasteiger partial charge in [0, 0.05) is 24.8 Å². The van der Waals surface area contributed by atoms with E-state index in [0.717, 1.165) is 24.0 Å². The van der Waals surface area contributed by atoms with Crippen molar-refractivity contribution in [3.63, 3.8) is 0 Å². The molecule has 2 N–H and O–H groups in total. The lowest BCUT2D eigenvalue weighted by Gasteiger charge is -2.18. The van der Waals surface area contributed by atoms with E-state index >= 15 is 0 Å². The molecule has 0 aliphatic carbocycles. The molecule has 2 amide bonds. The number of rotatable bonds is 9. The lowest BCUT2D eigenvalue weighted by atomic mass is 10.1. The standard InChI is InChI=1S/C18H27N3O4/c1-12-8-15(9-19-18(12)25-5)7-6-13(2)20-17(24)16(14(3)23)10-21(4)11-22/h8-9,11,13,23H,6-7,10H2,1-5H3,(H,20,24)/b16-14-. The zero-order valence-corrected chi connectivity index (χ0v) is 15.5. The third kappa shape index (κ3) is 6.45. The first kappa shape index (κ1) is 20.5. The fourth-order valence-corrected chi connectivity index (χ4v) is 2.37. The largest absolute Gasteiger partial charge is 0.512 e. The Kier molecular flexibility index (Phi) is 7.91. The maximum Gasteiger partial charge on any atom is 0.252 e. The maximum absolute atomic E-state index is 12.3. The van der Waals surface area contributed by atoms with E-state index in [1.54, 1.807) is 20.4 Å². The summed E-state index contributed by atoms with van der Waals surface area (Å²) >= 11 is 0. The fraction of sp³-hybridized carbons (Fsp3) is 0.500. The lowest BCUT2D eigenvalue weighted by Crippen LogP contribution is -2.37. The molecule has 7 heteroatoms. The summed E-state index contributed by atoms with van der Waals surface area (Å²) in [6.07, 6.45) is 3.85. The van der Waals surface area contributed by atoms with Crippen molar-refractivity contribution in [3.05, 3.63) is 34.7 Å². The zero-order valence-electron chi connectivity index (χ0n) is 15.5. The monoisotopic (exact) mass is 349 g/mol. The number of likely N-dealkylation sites (N-methyl/N-ethyl adjacent to an activating group) is 1. The number of carbonyl (C=O) groups is 2. The van der Waals surface area contributed by atoms with Gasteiger partial charge >= 0.3 is 0 Å². The molecule has 0 aliphatic heterocycles. The second-order valence-electron chi connectivity index (χ2n) is 6.17. The first-order valence-electron chi connectivity index (χ1n) is 8.13. The minimum absolute atomic E-state index is 0.0615. The molecule has 1 aromatic heterocycles. The van der Waals surface area contributed by atoms with Gasteiger partial charge in [0.2, 0.25) is 12.3 Å². The van der Waals surface area contributed by atoms with Gasteiger partial charge in [-0.05, 0) is 45.2 Å². The maximum atomic E-state index is 12.3. The van der Waals surface area contributed by atoms with Crippen LogP contribution in [0.3, 0.4) is 0 Å². The average molecular weight is 349 g/mol. The number of nitrogens with zero attached hydrogens (tertiary/aromatic N) is 2. The minimum Gasteiger partial charge on any atom is -0.512 e. The Bertz CT molecular complexity index is 639. The smallest absolute Gasteiger partial charge is 0.252 e. The van der Waals surface area contributed by atoms with Gasteiger partial charge in [-0.3, -0.25) is 9.59 Å². The van der Waals surface area contributed by atoms with Crippen LogP contribution in [-0.2, 0) is 16.0 Å². The summed E-state index contributed by atoms with van der Waals surface area (Å²) in [5.74, 6) is 0.149. The minimum atomic E-state index is -0.370. The Morgan fingerprint density at radius 2 is 2.20 bits per heavy atom. The Morgan fingerprint density at radius 1 is 1.52 bits per heavy atom. The highest BCUT2D eigenvalue weighted by Gasteiger charge is 2.17. The average Bonchev–Trinajstić information content (AvgIpc) is 2.57. The van der Waals surface area contributed by atoms with E-state index in [1.807, 2.05) is 19.9 Å². The zero-order chi connectivity index (χ0) is 19.0. The summed E-state index contributed by atoms with van der Waals surface area (Å²) in [5.41, 5.74) is 2.22. The van der Waals surface area contributed by atoms with E-state index in [0.29, 0.717) is 12.3 Å². The van der Waals surface area contributed by atoms with Gasteiger partial charge in [0.1, 0.15) is 0 Å². The van der Waals surface area contributed by atoms with Crippen molar-refractivity contribution in [3.8, 4) is 5.88 Å². The molecule has 0 bridgehead atoms. The van der Waals surface area contributed by atoms with Crippen LogP contribution in [0.1, 0.15) is 31.4 Å². The molecule has 25 heavy (non-hydrogen) atoms. The topological polar surface area (TPSA) is 91.8 Å². The molecule has 7 nitrogen and oxygen atoms in total. The highest BCUT2D eigenvalue weighted by molar-refractivity contribution is 5.94. The molecule has 0 aliphatic rings. The number of hydrogen-bond donors (Lipinski definition) is 2. The molecule has 0 fully saturated rings. The summed E-state index contributed by atoms with van der Waals surface area (Å²) in [6.45, 7) is 5.33. The van der Waals surface area contributed by atoms with Crippen molar-refractivity contribution in [2.45, 2.75) is 39.7 Å². The third-order valence-corrected chi connectivity index (χ3v) is 3.82. The number of allylic oxidation sites excluding steroid dienone is 1. The fourth-order valence-electron chi connectivity index (χ4n) is 2.37. The molecule has 1 aromatic rings. The number of ether oxygens (including phenoxy) is 1. The molecule has 0 saturated heterocycles. The molecule has 138 valence electrons. The van der Waals surface area contributed by atoms with E-state index in [4.69, 9.17) is 4.74 Å². The van der Waals surface area contributed by atoms with Gasteiger partial charge in [0.25, 0.3) is 5.91 Å². The Balaban J connectivity index is 2.61. The molecule has 1 rings (SSSR count). The second-order valence-corrected chi connectivity index (χ2v) is 6.17. The van der Waals surface area contributed by atoms with E-state index in [2.05, 4.69) is 10.3 Å². The van der Waals surface area contributed by atoms with Crippen LogP contribution in [0, 0.1) is 6.92 Å². The van der Waals surface area contributed by atoms with Crippen LogP contribution in [0.25, 0.3) is 0 Å². The van der Waals surface area contributed by atoms with E-state index in [9.17, 15) is 14.7 Å². The van der Waals surface area contributed by atoms with Crippen molar-refractivity contribution in [1.82, 2.24) is 15.2 Å². The van der Waals surface area contributed by atoms with E-state index in [1.165, 1.54) is 11.8 Å². The van der Waals surface area contributed by atoms with Crippen LogP contribution in [0.15, 0.2) is 23.6 Å². The Hall–Kier alpha value is -2.57. The highest BCUT2D eigenvalue weighted by Crippen LogP contribution is 2.16. The summed E-state index contributed by atoms with van der Waals surface area (Å²) < 4.78 is 5.14. The van der Waals surface area contributed by atoms with Crippen molar-refractivity contribution in [1.29, 1.82) is 0 Å². The van der Waals surface area contributed by atoms with Crippen LogP contribution < -0.4 is 10.1 Å². The SMILES string of the molecule is COc1ncc(CCC(C)NC(=O)/C(CN(C)C=O)=C(/C)O)cc1C. The number of aliphatic hydroxyl groups excluding tert-OH is 1. The summed E-state index contributed by atoms with van der Waals surface area (Å²) in [5, 5.41) is 12.5. The van der Waals surface area contributed by atoms with Gasteiger partial charge in [-0.15, -0.1) is 0 Å². The van der Waals surface area contributed by atoms with Crippen LogP contribution in [-0.4, -0.2) is 54.1 Å². The number of pyridine rings is 1. The van der Waals surface area contributed by atoms with Crippen molar-refractivity contribution in [2.75, 3.05) is 20.7 Å². The van der Waals surface area contributed by atoms with Crippen LogP contribution in [0.4, 0.5) is 0 Å². The molecule has 0 spiro atoms. The predicted molar refractivity (Wildman–Crippen MR) is 95.5 cm³/mol. The van der Waals surface area contributed by atoms with Crippen molar-refractivity contribution < 1.29 is 19.4 Å². The van der Waals surface area contributed by atoms with Crippen LogP contribution in [0.2, 0.25) is 0 Å². The van der Waals surface area contributed by atoms with Gasteiger partial charge in [-0.1, -0.05) is 0 Å². The first-order chi connectivity index (χ1) is 11.8. The van der Waals surface area contributed by atoms with Gasteiger partial charge < -0.3 is 20.1 Å². The lowest BCUT2D eigenvalue weighted by molar-refractivity contribution is -0.119. The highest BCUT2D eigenvalue weighted by atomic mass is 16.5. The first-order valence-corrected chi connectivity index (χ1v) is 8.13. The van der Waals surface area contributed by atoms with Gasteiger partial charge in [0.05, 0.1) is 25.0 Å². The molecule has 1 unspecified atom stereocenters. The molecular formula is C18H27N3O4. The van der Waals surface area contributed by atoms with Gasteiger partial charge in [0.15, 0.2) is 0 Å². The van der Waals surface area contributed by atoms with Crippen LogP contribution >= 0.6 is 0 Å². The molecule has 1 atom stereocenters. The van der Waals surface area contributed by atoms with Crippen molar-refractivity contribution in [2.24, 2.45) is 0 Å². The molecule has 1 heterocycles. The Morgan fingerprint density at radius 3 is 2.72 bits per heavy atom. The number of aromatic nitrogens is 1. The molecule has 0 aromatic carbocycles. The molecule has 0 radical (unpaired) electrons. The second kappa shape index (κ2) is 9.66. The van der Waals surface area contributed by atoms with Crippen LogP contribution in [0.5, 0.6) is 5.88 Å². The van der Waals surface area contributed by atoms with E-state index < -0.39 is 0 Å². The van der Waals surface area contributed by atoms with Crippen molar-refractivity contribution >= 4 is 12.3 Å². The quantitative estimate of drug-likeness (QED) is 0.403. The molecular weight excluding hydrogens is 322 g/mol. The number of nitrogens with one attached hydrogen (secondary N) is 1. The third-order valence-electron chi connectivity index (χ3n) is 3.82. The summed E-state index contributed by atoms with van der Waals surface area (Å²) in [4.78, 5) is 28.5. The summed E-state index contributed by atoms with van der Waals surface area (Å²) in [7, 11) is 3.13. The number of methoxy groups -OCH3 is 1. The Labute approximate surface area is 148 Å². The van der Waals surface area contributed by atoms with Gasteiger partial charge in [-0.2, -0.15) is 0 Å². The number of carbonyl (C=O) groups excluding carboxylic acids is 2. The normalized spacial score (nSPS) is 12.8. The number of amides is 2.